The number of nitrogen functional groups attached to an aromatic ring is 1. The highest BCUT2D eigenvalue weighted by atomic mass is 35.5. The third-order valence-electron chi connectivity index (χ3n) is 7.55. The molecule has 0 unspecified atom stereocenters. The predicted molar refractivity (Wildman–Crippen MR) is 143 cm³/mol. The lowest BCUT2D eigenvalue weighted by Crippen LogP contribution is -2.54. The number of nitrogens with two attached hydrogens (primary N) is 1. The van der Waals surface area contributed by atoms with Gasteiger partial charge in [0.05, 0.1) is 11.4 Å². The minimum Gasteiger partial charge on any atom is -0.507 e. The second kappa shape index (κ2) is 9.67. The van der Waals surface area contributed by atoms with Crippen molar-refractivity contribution >= 4 is 28.8 Å². The van der Waals surface area contributed by atoms with Crippen molar-refractivity contribution in [3.8, 4) is 22.8 Å². The summed E-state index contributed by atoms with van der Waals surface area (Å²) in [6.45, 7) is 3.62. The van der Waals surface area contributed by atoms with Crippen molar-refractivity contribution in [2.75, 3.05) is 41.7 Å². The number of aromatic hydroxyl groups is 1. The molecule has 0 spiro atoms. The number of fused-ring (bicyclic) bond motifs is 2. The number of hydrogen-bond donors (Lipinski definition) is 3. The first-order valence-electron chi connectivity index (χ1n) is 12.7. The summed E-state index contributed by atoms with van der Waals surface area (Å²) in [5.74, 6) is 1.43. The van der Waals surface area contributed by atoms with Gasteiger partial charge in [-0.2, -0.15) is 0 Å². The van der Waals surface area contributed by atoms with Crippen molar-refractivity contribution in [3.05, 3.63) is 53.6 Å². The van der Waals surface area contributed by atoms with E-state index in [2.05, 4.69) is 37.4 Å². The fraction of sp³-hybridized carbons (Fsp3) is 0.407. The minimum absolute atomic E-state index is 0.177. The third-order valence-corrected chi connectivity index (χ3v) is 7.77. The van der Waals surface area contributed by atoms with Gasteiger partial charge in [0.1, 0.15) is 17.6 Å². The van der Waals surface area contributed by atoms with E-state index in [1.165, 1.54) is 0 Å². The molecule has 2 aromatic carbocycles. The van der Waals surface area contributed by atoms with Crippen LogP contribution in [0.5, 0.6) is 11.5 Å². The SMILES string of the molecule is Nc1nnc(-c2ccccc2O)cc1N1C[C@H]2CC[C@@H](C1)N2c1cc(Cl)cc(OC2CCNCC2)c1. The lowest BCUT2D eigenvalue weighted by Gasteiger charge is -2.43. The third kappa shape index (κ3) is 4.51. The first kappa shape index (κ1) is 23.2. The molecule has 0 aliphatic carbocycles. The molecule has 3 aliphatic rings. The van der Waals surface area contributed by atoms with E-state index < -0.39 is 0 Å². The van der Waals surface area contributed by atoms with Crippen molar-refractivity contribution in [3.63, 3.8) is 0 Å². The van der Waals surface area contributed by atoms with Crippen molar-refractivity contribution < 1.29 is 9.84 Å². The van der Waals surface area contributed by atoms with Crippen molar-refractivity contribution in [1.82, 2.24) is 15.5 Å². The molecular weight excluding hydrogens is 476 g/mol. The number of benzene rings is 2. The molecule has 0 amide bonds. The Kier molecular flexibility index (Phi) is 6.23. The average Bonchev–Trinajstić information content (AvgIpc) is 3.14. The van der Waals surface area contributed by atoms with Gasteiger partial charge in [0, 0.05) is 47.5 Å². The van der Waals surface area contributed by atoms with E-state index in [-0.39, 0.29) is 11.9 Å². The molecule has 2 atom stereocenters. The Bertz CT molecular complexity index is 1240. The van der Waals surface area contributed by atoms with Crippen LogP contribution in [-0.2, 0) is 0 Å². The Hall–Kier alpha value is -3.23. The van der Waals surface area contributed by atoms with Gasteiger partial charge in [-0.3, -0.25) is 0 Å². The average molecular weight is 507 g/mol. The lowest BCUT2D eigenvalue weighted by molar-refractivity contribution is 0.162. The smallest absolute Gasteiger partial charge is 0.169 e. The number of nitrogens with zero attached hydrogens (tertiary/aromatic N) is 4. The molecule has 3 fully saturated rings. The second-order valence-corrected chi connectivity index (χ2v) is 10.4. The van der Waals surface area contributed by atoms with E-state index in [0.29, 0.717) is 34.2 Å². The zero-order valence-electron chi connectivity index (χ0n) is 20.1. The fourth-order valence-electron chi connectivity index (χ4n) is 5.86. The Morgan fingerprint density at radius 3 is 2.47 bits per heavy atom. The molecule has 3 aliphatic heterocycles. The molecule has 9 heteroatoms. The lowest BCUT2D eigenvalue weighted by atomic mass is 10.1. The number of nitrogens with one attached hydrogen (secondary N) is 1. The van der Waals surface area contributed by atoms with Crippen LogP contribution in [0.3, 0.4) is 0 Å². The Morgan fingerprint density at radius 1 is 0.972 bits per heavy atom. The van der Waals surface area contributed by atoms with Gasteiger partial charge in [0.25, 0.3) is 0 Å². The first-order chi connectivity index (χ1) is 17.5. The summed E-state index contributed by atoms with van der Waals surface area (Å²) in [5, 5.41) is 22.8. The number of phenols is 1. The van der Waals surface area contributed by atoms with Crippen LogP contribution < -0.4 is 25.6 Å². The molecular formula is C27H31ClN6O2. The Morgan fingerprint density at radius 2 is 1.72 bits per heavy atom. The quantitative estimate of drug-likeness (QED) is 0.476. The number of anilines is 3. The molecule has 4 N–H and O–H groups in total. The van der Waals surface area contributed by atoms with Gasteiger partial charge in [0.15, 0.2) is 5.82 Å². The number of piperidine rings is 1. The van der Waals surface area contributed by atoms with Crippen LogP contribution in [0.1, 0.15) is 25.7 Å². The molecule has 4 heterocycles. The highest BCUT2D eigenvalue weighted by molar-refractivity contribution is 6.31. The van der Waals surface area contributed by atoms with Crippen LogP contribution in [0.15, 0.2) is 48.5 Å². The highest BCUT2D eigenvalue weighted by Crippen LogP contribution is 2.41. The van der Waals surface area contributed by atoms with Crippen LogP contribution in [0, 0.1) is 0 Å². The number of para-hydroxylation sites is 1. The molecule has 36 heavy (non-hydrogen) atoms. The van der Waals surface area contributed by atoms with Crippen LogP contribution in [-0.4, -0.2) is 59.7 Å². The number of rotatable bonds is 5. The van der Waals surface area contributed by atoms with Gasteiger partial charge in [0.2, 0.25) is 0 Å². The topological polar surface area (TPSA) is 99.8 Å². The summed E-state index contributed by atoms with van der Waals surface area (Å²) >= 11 is 6.55. The minimum atomic E-state index is 0.177. The molecule has 2 bridgehead atoms. The summed E-state index contributed by atoms with van der Waals surface area (Å²) in [6.07, 6.45) is 4.45. The van der Waals surface area contributed by atoms with Crippen molar-refractivity contribution in [2.24, 2.45) is 0 Å². The maximum atomic E-state index is 10.3. The monoisotopic (exact) mass is 506 g/mol. The highest BCUT2D eigenvalue weighted by Gasteiger charge is 2.41. The van der Waals surface area contributed by atoms with Crippen LogP contribution in [0.4, 0.5) is 17.2 Å². The second-order valence-electron chi connectivity index (χ2n) is 9.93. The molecule has 188 valence electrons. The zero-order valence-corrected chi connectivity index (χ0v) is 20.9. The van der Waals surface area contributed by atoms with Crippen LogP contribution in [0.25, 0.3) is 11.3 Å². The summed E-state index contributed by atoms with van der Waals surface area (Å²) in [5.41, 5.74) is 9.53. The molecule has 3 saturated heterocycles. The van der Waals surface area contributed by atoms with Crippen LogP contribution >= 0.6 is 11.6 Å². The first-order valence-corrected chi connectivity index (χ1v) is 13.1. The van der Waals surface area contributed by atoms with Gasteiger partial charge >= 0.3 is 0 Å². The summed E-state index contributed by atoms with van der Waals surface area (Å²) in [6, 6.07) is 15.9. The largest absolute Gasteiger partial charge is 0.507 e. The predicted octanol–water partition coefficient (Wildman–Crippen LogP) is 4.07. The van der Waals surface area contributed by atoms with Crippen LogP contribution in [0.2, 0.25) is 5.02 Å². The number of ether oxygens (including phenoxy) is 1. The van der Waals surface area contributed by atoms with E-state index in [0.717, 1.165) is 69.0 Å². The molecule has 1 aromatic heterocycles. The summed E-state index contributed by atoms with van der Waals surface area (Å²) in [4.78, 5) is 4.82. The Labute approximate surface area is 216 Å². The van der Waals surface area contributed by atoms with Gasteiger partial charge in [-0.15, -0.1) is 10.2 Å². The normalized spacial score (nSPS) is 22.1. The number of piperazine rings is 1. The summed E-state index contributed by atoms with van der Waals surface area (Å²) in [7, 11) is 0. The zero-order chi connectivity index (χ0) is 24.6. The number of phenolic OH excluding ortho intramolecular Hbond substituents is 1. The maximum Gasteiger partial charge on any atom is 0.169 e. The molecule has 0 saturated carbocycles. The number of aromatic nitrogens is 2. The van der Waals surface area contributed by atoms with Crippen molar-refractivity contribution in [2.45, 2.75) is 43.9 Å². The maximum absolute atomic E-state index is 10.3. The van der Waals surface area contributed by atoms with E-state index in [1.807, 2.05) is 24.3 Å². The van der Waals surface area contributed by atoms with Crippen molar-refractivity contribution in [1.29, 1.82) is 0 Å². The summed E-state index contributed by atoms with van der Waals surface area (Å²) < 4.78 is 6.32. The van der Waals surface area contributed by atoms with E-state index in [9.17, 15) is 5.11 Å². The fourth-order valence-corrected chi connectivity index (χ4v) is 6.08. The van der Waals surface area contributed by atoms with Gasteiger partial charge in [-0.05, 0) is 69.1 Å². The number of hydrogen-bond acceptors (Lipinski definition) is 8. The molecule has 6 rings (SSSR count). The van der Waals surface area contributed by atoms with Gasteiger partial charge in [-0.25, -0.2) is 0 Å². The molecule has 0 radical (unpaired) electrons. The number of halogens is 1. The van der Waals surface area contributed by atoms with Gasteiger partial charge < -0.3 is 30.7 Å². The molecule has 8 nitrogen and oxygen atoms in total. The Balaban J connectivity index is 1.24. The van der Waals surface area contributed by atoms with Gasteiger partial charge in [-0.1, -0.05) is 23.7 Å². The van der Waals surface area contributed by atoms with E-state index in [4.69, 9.17) is 22.1 Å². The standard InChI is InChI=1S/C27H31ClN6O2/c28-17-11-20(13-22(12-17)36-21-7-9-30-10-8-21)34-18-5-6-19(34)16-33(15-18)25-14-24(31-32-27(25)29)23-3-1-2-4-26(23)35/h1-4,11-14,18-19,21,30,35H,5-10,15-16H2,(H2,29,32)/t18-,19+. The van der Waals surface area contributed by atoms with E-state index in [1.54, 1.807) is 12.1 Å². The van der Waals surface area contributed by atoms with E-state index >= 15 is 0 Å². The molecule has 3 aromatic rings.